The Morgan fingerprint density at radius 3 is 2.95 bits per heavy atom. The van der Waals surface area contributed by atoms with Crippen molar-refractivity contribution in [3.05, 3.63) is 30.4 Å². The van der Waals surface area contributed by atoms with Crippen LogP contribution in [0.3, 0.4) is 0 Å². The summed E-state index contributed by atoms with van der Waals surface area (Å²) in [6.45, 7) is 2.86. The number of nitrogens with one attached hydrogen (secondary N) is 1. The molecular formula is C12H18N4O3S. The molecule has 0 fully saturated rings. The third-order valence-corrected chi connectivity index (χ3v) is 4.22. The van der Waals surface area contributed by atoms with Gasteiger partial charge in [-0.2, -0.15) is 5.10 Å². The zero-order valence-corrected chi connectivity index (χ0v) is 12.1. The highest BCUT2D eigenvalue weighted by molar-refractivity contribution is 7.89. The van der Waals surface area contributed by atoms with Gasteiger partial charge in [-0.15, -0.1) is 0 Å². The van der Waals surface area contributed by atoms with Crippen molar-refractivity contribution in [2.24, 2.45) is 0 Å². The Kier molecular flexibility index (Phi) is 4.46. The second-order valence-electron chi connectivity index (χ2n) is 4.37. The van der Waals surface area contributed by atoms with Gasteiger partial charge in [-0.05, 0) is 18.6 Å². The lowest BCUT2D eigenvalue weighted by Crippen LogP contribution is -2.26. The molecular weight excluding hydrogens is 280 g/mol. The van der Waals surface area contributed by atoms with Gasteiger partial charge in [0.05, 0.1) is 6.26 Å². The maximum Gasteiger partial charge on any atom is 0.245 e. The number of rotatable bonds is 7. The fourth-order valence-corrected chi connectivity index (χ4v) is 2.91. The van der Waals surface area contributed by atoms with E-state index in [2.05, 4.69) is 9.82 Å². The molecule has 2 heterocycles. The SMILES string of the molecule is CCCn1cc(S(=O)(=O)NCCc2ccco2)c(N)n1. The first-order chi connectivity index (χ1) is 9.53. The Labute approximate surface area is 117 Å². The summed E-state index contributed by atoms with van der Waals surface area (Å²) in [5.74, 6) is 0.742. The van der Waals surface area contributed by atoms with Crippen LogP contribution in [0.2, 0.25) is 0 Å². The molecule has 0 amide bonds. The molecule has 3 N–H and O–H groups in total. The Morgan fingerprint density at radius 2 is 2.30 bits per heavy atom. The van der Waals surface area contributed by atoms with Crippen LogP contribution in [0.15, 0.2) is 33.9 Å². The predicted molar refractivity (Wildman–Crippen MR) is 74.5 cm³/mol. The van der Waals surface area contributed by atoms with Crippen molar-refractivity contribution in [2.75, 3.05) is 12.3 Å². The van der Waals surface area contributed by atoms with Crippen molar-refractivity contribution in [2.45, 2.75) is 31.2 Å². The molecule has 0 unspecified atom stereocenters. The highest BCUT2D eigenvalue weighted by atomic mass is 32.2. The van der Waals surface area contributed by atoms with Crippen molar-refractivity contribution in [3.8, 4) is 0 Å². The molecule has 7 nitrogen and oxygen atoms in total. The van der Waals surface area contributed by atoms with E-state index in [4.69, 9.17) is 10.2 Å². The summed E-state index contributed by atoms with van der Waals surface area (Å²) in [6.07, 6.45) is 4.34. The van der Waals surface area contributed by atoms with E-state index in [9.17, 15) is 8.42 Å². The van der Waals surface area contributed by atoms with Crippen LogP contribution in [0.5, 0.6) is 0 Å². The molecule has 20 heavy (non-hydrogen) atoms. The summed E-state index contributed by atoms with van der Waals surface area (Å²) >= 11 is 0. The lowest BCUT2D eigenvalue weighted by molar-refractivity contribution is 0.506. The molecule has 0 bridgehead atoms. The van der Waals surface area contributed by atoms with Gasteiger partial charge in [-0.1, -0.05) is 6.92 Å². The lowest BCUT2D eigenvalue weighted by Gasteiger charge is -2.04. The molecule has 0 spiro atoms. The quantitative estimate of drug-likeness (QED) is 0.793. The van der Waals surface area contributed by atoms with Gasteiger partial charge >= 0.3 is 0 Å². The summed E-state index contributed by atoms with van der Waals surface area (Å²) in [4.78, 5) is 0.0189. The number of anilines is 1. The number of hydrogen-bond donors (Lipinski definition) is 2. The molecule has 110 valence electrons. The van der Waals surface area contributed by atoms with Gasteiger partial charge in [0, 0.05) is 25.7 Å². The number of hydrogen-bond acceptors (Lipinski definition) is 5. The van der Waals surface area contributed by atoms with Crippen LogP contribution in [-0.4, -0.2) is 24.7 Å². The Bertz CT molecular complexity index is 646. The topological polar surface area (TPSA) is 103 Å². The van der Waals surface area contributed by atoms with Crippen molar-refractivity contribution in [1.82, 2.24) is 14.5 Å². The number of aromatic nitrogens is 2. The number of furan rings is 1. The van der Waals surface area contributed by atoms with E-state index in [1.165, 1.54) is 10.9 Å². The van der Waals surface area contributed by atoms with Gasteiger partial charge in [0.1, 0.15) is 10.7 Å². The second-order valence-corrected chi connectivity index (χ2v) is 6.10. The maximum atomic E-state index is 12.1. The van der Waals surface area contributed by atoms with E-state index in [0.29, 0.717) is 13.0 Å². The number of nitrogen functional groups attached to an aromatic ring is 1. The molecule has 0 saturated heterocycles. The third kappa shape index (κ3) is 3.40. The monoisotopic (exact) mass is 298 g/mol. The number of aryl methyl sites for hydroxylation is 1. The summed E-state index contributed by atoms with van der Waals surface area (Å²) in [7, 11) is -3.64. The number of nitrogens with zero attached hydrogens (tertiary/aromatic N) is 2. The van der Waals surface area contributed by atoms with Crippen LogP contribution in [-0.2, 0) is 23.0 Å². The summed E-state index contributed by atoms with van der Waals surface area (Å²) in [5, 5.41) is 3.98. The normalized spacial score (nSPS) is 11.8. The van der Waals surface area contributed by atoms with Crippen molar-refractivity contribution < 1.29 is 12.8 Å². The van der Waals surface area contributed by atoms with Gasteiger partial charge < -0.3 is 10.2 Å². The van der Waals surface area contributed by atoms with Gasteiger partial charge in [-0.25, -0.2) is 13.1 Å². The van der Waals surface area contributed by atoms with Crippen LogP contribution < -0.4 is 10.5 Å². The van der Waals surface area contributed by atoms with Gasteiger partial charge in [0.2, 0.25) is 10.0 Å². The smallest absolute Gasteiger partial charge is 0.245 e. The summed E-state index contributed by atoms with van der Waals surface area (Å²) in [5.41, 5.74) is 5.65. The van der Waals surface area contributed by atoms with Crippen molar-refractivity contribution in [3.63, 3.8) is 0 Å². The largest absolute Gasteiger partial charge is 0.469 e. The fourth-order valence-electron chi connectivity index (χ4n) is 1.81. The maximum absolute atomic E-state index is 12.1. The predicted octanol–water partition coefficient (Wildman–Crippen LogP) is 0.989. The lowest BCUT2D eigenvalue weighted by atomic mass is 10.3. The average molecular weight is 298 g/mol. The average Bonchev–Trinajstić information content (AvgIpc) is 2.99. The first-order valence-corrected chi connectivity index (χ1v) is 7.86. The highest BCUT2D eigenvalue weighted by Crippen LogP contribution is 2.16. The Morgan fingerprint density at radius 1 is 1.50 bits per heavy atom. The molecule has 0 aliphatic carbocycles. The molecule has 0 radical (unpaired) electrons. The first-order valence-electron chi connectivity index (χ1n) is 6.38. The minimum absolute atomic E-state index is 0.0175. The first kappa shape index (κ1) is 14.6. The third-order valence-electron chi connectivity index (χ3n) is 2.74. The second kappa shape index (κ2) is 6.10. The van der Waals surface area contributed by atoms with Crippen LogP contribution >= 0.6 is 0 Å². The number of sulfonamides is 1. The van der Waals surface area contributed by atoms with Crippen LogP contribution in [0.1, 0.15) is 19.1 Å². The molecule has 0 aliphatic rings. The van der Waals surface area contributed by atoms with E-state index in [1.807, 2.05) is 6.92 Å². The molecule has 2 aromatic heterocycles. The van der Waals surface area contributed by atoms with E-state index < -0.39 is 10.0 Å². The molecule has 0 aromatic carbocycles. The molecule has 2 rings (SSSR count). The van der Waals surface area contributed by atoms with E-state index in [0.717, 1.165) is 12.2 Å². The summed E-state index contributed by atoms with van der Waals surface area (Å²) < 4.78 is 33.4. The Balaban J connectivity index is 2.02. The highest BCUT2D eigenvalue weighted by Gasteiger charge is 2.20. The standard InChI is InChI=1S/C12H18N4O3S/c1-2-7-16-9-11(12(13)15-16)20(17,18)14-6-5-10-4-3-8-19-10/h3-4,8-9,14H,2,5-7H2,1H3,(H2,13,15). The van der Waals surface area contributed by atoms with Crippen LogP contribution in [0.25, 0.3) is 0 Å². The molecule has 8 heteroatoms. The summed E-state index contributed by atoms with van der Waals surface area (Å²) in [6, 6.07) is 3.55. The van der Waals surface area contributed by atoms with Gasteiger partial charge in [-0.3, -0.25) is 4.68 Å². The zero-order valence-electron chi connectivity index (χ0n) is 11.2. The minimum atomic E-state index is -3.64. The molecule has 0 atom stereocenters. The van der Waals surface area contributed by atoms with Crippen molar-refractivity contribution >= 4 is 15.8 Å². The molecule has 2 aromatic rings. The van der Waals surface area contributed by atoms with Gasteiger partial charge in [0.25, 0.3) is 0 Å². The fraction of sp³-hybridized carbons (Fsp3) is 0.417. The number of nitrogens with two attached hydrogens (primary N) is 1. The van der Waals surface area contributed by atoms with Crippen molar-refractivity contribution in [1.29, 1.82) is 0 Å². The van der Waals surface area contributed by atoms with E-state index >= 15 is 0 Å². The Hall–Kier alpha value is -1.80. The minimum Gasteiger partial charge on any atom is -0.469 e. The zero-order chi connectivity index (χ0) is 14.6. The molecule has 0 saturated carbocycles. The van der Waals surface area contributed by atoms with Crippen LogP contribution in [0.4, 0.5) is 5.82 Å². The van der Waals surface area contributed by atoms with Gasteiger partial charge in [0.15, 0.2) is 5.82 Å². The van der Waals surface area contributed by atoms with Crippen LogP contribution in [0, 0.1) is 0 Å². The van der Waals surface area contributed by atoms with E-state index in [1.54, 1.807) is 18.4 Å². The molecule has 0 aliphatic heterocycles. The van der Waals surface area contributed by atoms with E-state index in [-0.39, 0.29) is 17.3 Å².